The molecule has 13 heavy (non-hydrogen) atoms. The van der Waals surface area contributed by atoms with Crippen molar-refractivity contribution < 1.29 is 9.59 Å². The summed E-state index contributed by atoms with van der Waals surface area (Å²) in [5.41, 5.74) is 0. The summed E-state index contributed by atoms with van der Waals surface area (Å²) in [5.74, 6) is -0.0817. The topological polar surface area (TPSA) is 46.2 Å². The van der Waals surface area contributed by atoms with Gasteiger partial charge in [-0.2, -0.15) is 0 Å². The van der Waals surface area contributed by atoms with Crippen LogP contribution in [0.4, 0.5) is 0 Å². The number of hydrogen-bond donors (Lipinski definition) is 1. The van der Waals surface area contributed by atoms with E-state index in [4.69, 9.17) is 0 Å². The van der Waals surface area contributed by atoms with Crippen LogP contribution in [-0.2, 0) is 9.59 Å². The van der Waals surface area contributed by atoms with Gasteiger partial charge in [-0.15, -0.1) is 0 Å². The number of hydrogen-bond acceptors (Lipinski definition) is 2. The lowest BCUT2D eigenvalue weighted by atomic mass is 10.2. The molecule has 1 aliphatic carbocycles. The quantitative estimate of drug-likeness (QED) is 0.593. The molecule has 1 aliphatic rings. The molecule has 1 fully saturated rings. The number of imide groups is 1. The van der Waals surface area contributed by atoms with Crippen LogP contribution in [0.2, 0.25) is 0 Å². The van der Waals surface area contributed by atoms with Crippen LogP contribution in [-0.4, -0.2) is 17.1 Å². The second-order valence-electron chi connectivity index (χ2n) is 3.33. The molecule has 1 rings (SSSR count). The molecule has 0 aliphatic heterocycles. The zero-order chi connectivity index (χ0) is 9.68. The molecular weight excluding hydrogens is 234 g/mol. The maximum atomic E-state index is 11.1. The zero-order valence-corrected chi connectivity index (χ0v) is 9.10. The molecule has 0 spiro atoms. The van der Waals surface area contributed by atoms with Crippen LogP contribution < -0.4 is 5.32 Å². The highest BCUT2D eigenvalue weighted by molar-refractivity contribution is 9.09. The molecular formula is C9H14BrNO2. The SMILES string of the molecule is O=C(CCCCBr)NC(=O)C1CC1. The lowest BCUT2D eigenvalue weighted by Gasteiger charge is -2.01. The van der Waals surface area contributed by atoms with Crippen LogP contribution in [0.15, 0.2) is 0 Å². The maximum absolute atomic E-state index is 11.1. The summed E-state index contributed by atoms with van der Waals surface area (Å²) < 4.78 is 0. The predicted molar refractivity (Wildman–Crippen MR) is 53.5 cm³/mol. The Balaban J connectivity index is 2.06. The van der Waals surface area contributed by atoms with Gasteiger partial charge in [0.1, 0.15) is 0 Å². The average molecular weight is 248 g/mol. The third-order valence-electron chi connectivity index (χ3n) is 2.00. The Morgan fingerprint density at radius 2 is 2.00 bits per heavy atom. The minimum absolute atomic E-state index is 0.0798. The lowest BCUT2D eigenvalue weighted by Crippen LogP contribution is -2.31. The van der Waals surface area contributed by atoms with Crippen molar-refractivity contribution >= 4 is 27.7 Å². The molecule has 0 aromatic heterocycles. The third-order valence-corrected chi connectivity index (χ3v) is 2.56. The lowest BCUT2D eigenvalue weighted by molar-refractivity contribution is -0.131. The van der Waals surface area contributed by atoms with E-state index >= 15 is 0 Å². The summed E-state index contributed by atoms with van der Waals surface area (Å²) in [6.07, 6.45) is 4.17. The van der Waals surface area contributed by atoms with Gasteiger partial charge in [-0.25, -0.2) is 0 Å². The molecule has 0 saturated heterocycles. The summed E-state index contributed by atoms with van der Waals surface area (Å²) in [5, 5.41) is 3.32. The number of amides is 2. The van der Waals surface area contributed by atoms with Gasteiger partial charge in [0.25, 0.3) is 0 Å². The number of unbranched alkanes of at least 4 members (excludes halogenated alkanes) is 1. The summed E-state index contributed by atoms with van der Waals surface area (Å²) >= 11 is 3.28. The van der Waals surface area contributed by atoms with Crippen molar-refractivity contribution in [1.82, 2.24) is 5.32 Å². The van der Waals surface area contributed by atoms with Gasteiger partial charge in [-0.1, -0.05) is 15.9 Å². The van der Waals surface area contributed by atoms with Gasteiger partial charge >= 0.3 is 0 Å². The normalized spacial score (nSPS) is 15.5. The fourth-order valence-corrected chi connectivity index (χ4v) is 1.42. The second kappa shape index (κ2) is 5.37. The van der Waals surface area contributed by atoms with Crippen molar-refractivity contribution in [2.45, 2.75) is 32.1 Å². The number of carbonyl (C=O) groups is 2. The summed E-state index contributed by atoms with van der Waals surface area (Å²) in [6.45, 7) is 0. The molecule has 0 bridgehead atoms. The molecule has 1 saturated carbocycles. The number of halogens is 1. The Kier molecular flexibility index (Phi) is 4.42. The van der Waals surface area contributed by atoms with Gasteiger partial charge in [0, 0.05) is 17.7 Å². The van der Waals surface area contributed by atoms with E-state index in [9.17, 15) is 9.59 Å². The van der Waals surface area contributed by atoms with Crippen LogP contribution in [0.3, 0.4) is 0 Å². The van der Waals surface area contributed by atoms with E-state index in [-0.39, 0.29) is 17.7 Å². The van der Waals surface area contributed by atoms with E-state index in [2.05, 4.69) is 21.2 Å². The summed E-state index contributed by atoms with van der Waals surface area (Å²) in [4.78, 5) is 22.2. The first-order chi connectivity index (χ1) is 6.24. The minimum Gasteiger partial charge on any atom is -0.296 e. The Labute approximate surface area is 86.4 Å². The molecule has 4 heteroatoms. The van der Waals surface area contributed by atoms with Gasteiger partial charge in [0.15, 0.2) is 0 Å². The maximum Gasteiger partial charge on any atom is 0.229 e. The second-order valence-corrected chi connectivity index (χ2v) is 4.13. The standard InChI is InChI=1S/C9H14BrNO2/c10-6-2-1-3-8(12)11-9(13)7-4-5-7/h7H,1-6H2,(H,11,12,13). The first kappa shape index (κ1) is 10.7. The number of rotatable bonds is 5. The summed E-state index contributed by atoms with van der Waals surface area (Å²) in [7, 11) is 0. The minimum atomic E-state index is -0.127. The Morgan fingerprint density at radius 3 is 2.54 bits per heavy atom. The van der Waals surface area contributed by atoms with Gasteiger partial charge in [0.05, 0.1) is 0 Å². The average Bonchev–Trinajstić information content (AvgIpc) is 2.86. The fraction of sp³-hybridized carbons (Fsp3) is 0.778. The largest absolute Gasteiger partial charge is 0.296 e. The van der Waals surface area contributed by atoms with Crippen LogP contribution in [0.25, 0.3) is 0 Å². The van der Waals surface area contributed by atoms with Crippen LogP contribution >= 0.6 is 15.9 Å². The van der Waals surface area contributed by atoms with Crippen molar-refractivity contribution in [3.8, 4) is 0 Å². The molecule has 0 aromatic rings. The first-order valence-corrected chi connectivity index (χ1v) is 5.76. The van der Waals surface area contributed by atoms with Crippen molar-refractivity contribution in [1.29, 1.82) is 0 Å². The number of nitrogens with one attached hydrogen (secondary N) is 1. The van der Waals surface area contributed by atoms with E-state index in [1.807, 2.05) is 0 Å². The summed E-state index contributed by atoms with van der Waals surface area (Å²) in [6, 6.07) is 0. The third kappa shape index (κ3) is 4.41. The van der Waals surface area contributed by atoms with Gasteiger partial charge in [-0.05, 0) is 25.7 Å². The molecule has 2 amide bonds. The van der Waals surface area contributed by atoms with Crippen molar-refractivity contribution in [2.24, 2.45) is 5.92 Å². The van der Waals surface area contributed by atoms with Crippen molar-refractivity contribution in [3.63, 3.8) is 0 Å². The van der Waals surface area contributed by atoms with Crippen LogP contribution in [0.1, 0.15) is 32.1 Å². The van der Waals surface area contributed by atoms with Crippen molar-refractivity contribution in [2.75, 3.05) is 5.33 Å². The first-order valence-electron chi connectivity index (χ1n) is 4.63. The Morgan fingerprint density at radius 1 is 1.31 bits per heavy atom. The fourth-order valence-electron chi connectivity index (χ4n) is 1.03. The number of carbonyl (C=O) groups excluding carboxylic acids is 2. The van der Waals surface area contributed by atoms with Crippen molar-refractivity contribution in [3.05, 3.63) is 0 Å². The van der Waals surface area contributed by atoms with Gasteiger partial charge < -0.3 is 0 Å². The molecule has 0 radical (unpaired) electrons. The van der Waals surface area contributed by atoms with E-state index < -0.39 is 0 Å². The van der Waals surface area contributed by atoms with Gasteiger partial charge in [-0.3, -0.25) is 14.9 Å². The van der Waals surface area contributed by atoms with Crippen LogP contribution in [0.5, 0.6) is 0 Å². The molecule has 3 nitrogen and oxygen atoms in total. The Bertz CT molecular complexity index is 202. The Hall–Kier alpha value is -0.380. The molecule has 1 N–H and O–H groups in total. The zero-order valence-electron chi connectivity index (χ0n) is 7.51. The van der Waals surface area contributed by atoms with E-state index in [0.717, 1.165) is 31.0 Å². The predicted octanol–water partition coefficient (Wildman–Crippen LogP) is 1.60. The number of alkyl halides is 1. The molecule has 74 valence electrons. The molecule has 0 atom stereocenters. The monoisotopic (exact) mass is 247 g/mol. The molecule has 0 heterocycles. The molecule has 0 unspecified atom stereocenters. The highest BCUT2D eigenvalue weighted by Crippen LogP contribution is 2.28. The van der Waals surface area contributed by atoms with Crippen LogP contribution in [0, 0.1) is 5.92 Å². The smallest absolute Gasteiger partial charge is 0.229 e. The van der Waals surface area contributed by atoms with E-state index in [1.165, 1.54) is 0 Å². The van der Waals surface area contributed by atoms with Gasteiger partial charge in [0.2, 0.25) is 11.8 Å². The molecule has 0 aromatic carbocycles. The highest BCUT2D eigenvalue weighted by Gasteiger charge is 2.30. The van der Waals surface area contributed by atoms with E-state index in [1.54, 1.807) is 0 Å². The van der Waals surface area contributed by atoms with E-state index in [0.29, 0.717) is 6.42 Å². The highest BCUT2D eigenvalue weighted by atomic mass is 79.9.